The molecule has 11 amide bonds. The number of carbonyl (C=O) groups is 11. The fraction of sp³-hybridized carbons (Fsp3) is 0.582. The minimum atomic E-state index is -2.71. The maximum Gasteiger partial charge on any atom is 0.272 e. The molecule has 1 fully saturated rings. The molecule has 3 rings (SSSR count). The minimum absolute atomic E-state index is 0.0336. The van der Waals surface area contributed by atoms with Crippen LogP contribution in [-0.4, -0.2) is 187 Å². The zero-order valence-corrected chi connectivity index (χ0v) is 48.6. The SMILES string of the molecule is CC(C)C[C@@H]1NC(=O)[C@@H](Cc2ccccc2)NC(=O)[C@H](CCN)NC(=O)[C@@H](NC(=O)[C@H](CCN)NC(=O)[C@@H](NC(=O)[C@H](CCN)NC(=O)COCc2ccccc2)[C@@H](C)O)CCNC(=O)[C@@](C)(O)NC(=O)[C@H](CCN)NC(=O)[C@H](CCN)NC1=O. The number of nitrogens with two attached hydrogens (primary N) is 5. The minimum Gasteiger partial charge on any atom is -0.391 e. The molecule has 0 radical (unpaired) electrons. The number of aliphatic hydroxyl groups excluding tert-OH is 1. The van der Waals surface area contributed by atoms with Crippen molar-refractivity contribution in [2.45, 2.75) is 152 Å². The van der Waals surface area contributed by atoms with E-state index >= 15 is 0 Å². The summed E-state index contributed by atoms with van der Waals surface area (Å²) in [4.78, 5) is 153. The van der Waals surface area contributed by atoms with Crippen molar-refractivity contribution in [3.8, 4) is 0 Å². The Kier molecular flexibility index (Phi) is 31.0. The van der Waals surface area contributed by atoms with Crippen LogP contribution in [0.5, 0.6) is 0 Å². The van der Waals surface area contributed by atoms with E-state index in [9.17, 15) is 63.0 Å². The molecule has 0 bridgehead atoms. The summed E-state index contributed by atoms with van der Waals surface area (Å²) in [6, 6.07) is 4.02. The molecule has 0 aromatic heterocycles. The molecule has 30 heteroatoms. The third-order valence-electron chi connectivity index (χ3n) is 13.3. The van der Waals surface area contributed by atoms with Crippen LogP contribution >= 0.6 is 0 Å². The van der Waals surface area contributed by atoms with Gasteiger partial charge >= 0.3 is 0 Å². The van der Waals surface area contributed by atoms with E-state index in [0.717, 1.165) is 12.5 Å². The van der Waals surface area contributed by atoms with Crippen LogP contribution in [0, 0.1) is 5.92 Å². The van der Waals surface area contributed by atoms with Gasteiger partial charge in [-0.3, -0.25) is 52.7 Å². The standard InChI is InChI=1S/C55H88N16O14/c1-31(2)27-41-50(79)64-36(16-22-57)45(74)65-39(19-25-60)52(81)71-55(4,84)54(83)61-26-20-40(48(77)63-37(17-23-58)47(76)69-42(51(80)68-41)28-33-11-7-5-8-12-33)66-46(75)38(18-24-59)67-53(82)44(32(3)72)70-49(78)35(15-21-56)62-43(73)30-85-29-34-13-9-6-10-14-34/h5-14,31-32,35-42,44,72,84H,15-30,56-60H2,1-4H3,(H,61,83)(H,62,73)(H,63,77)(H,64,79)(H,65,74)(H,66,75)(H,67,82)(H,68,80)(H,69,76)(H,70,78)(H,71,81)/t32-,35+,36+,37+,38+,39+,40+,41+,42-,44+,55-/m1/s1. The summed E-state index contributed by atoms with van der Waals surface area (Å²) in [6.07, 6.45) is -3.23. The summed E-state index contributed by atoms with van der Waals surface area (Å²) in [5.41, 5.74) is 27.9. The molecule has 0 spiro atoms. The van der Waals surface area contributed by atoms with Crippen molar-refractivity contribution < 1.29 is 67.7 Å². The van der Waals surface area contributed by atoms with E-state index in [2.05, 4.69) is 58.5 Å². The molecule has 1 heterocycles. The summed E-state index contributed by atoms with van der Waals surface area (Å²) >= 11 is 0. The number of ether oxygens (including phenoxy) is 1. The first-order valence-electron chi connectivity index (χ1n) is 28.3. The van der Waals surface area contributed by atoms with E-state index in [4.69, 9.17) is 33.4 Å². The number of hydrogen-bond acceptors (Lipinski definition) is 19. The number of benzene rings is 2. The summed E-state index contributed by atoms with van der Waals surface area (Å²) in [5.74, 6) is -10.9. The summed E-state index contributed by atoms with van der Waals surface area (Å²) in [7, 11) is 0. The zero-order chi connectivity index (χ0) is 63.2. The van der Waals surface area contributed by atoms with Crippen molar-refractivity contribution in [1.29, 1.82) is 0 Å². The van der Waals surface area contributed by atoms with Crippen LogP contribution in [0.25, 0.3) is 0 Å². The third kappa shape index (κ3) is 24.8. The number of carbonyl (C=O) groups excluding carboxylic acids is 11. The molecule has 1 saturated heterocycles. The van der Waals surface area contributed by atoms with Crippen LogP contribution in [0.4, 0.5) is 0 Å². The van der Waals surface area contributed by atoms with Gasteiger partial charge in [-0.25, -0.2) is 0 Å². The first kappa shape index (κ1) is 71.6. The smallest absolute Gasteiger partial charge is 0.272 e. The number of nitrogens with one attached hydrogen (secondary N) is 11. The molecular formula is C55H88N16O14. The molecule has 0 aliphatic carbocycles. The second-order valence-electron chi connectivity index (χ2n) is 21.1. The van der Waals surface area contributed by atoms with Gasteiger partial charge in [-0.2, -0.15) is 0 Å². The highest BCUT2D eigenvalue weighted by molar-refractivity contribution is 5.99. The third-order valence-corrected chi connectivity index (χ3v) is 13.3. The Morgan fingerprint density at radius 2 is 1.07 bits per heavy atom. The average Bonchev–Trinajstić information content (AvgIpc) is 3.67. The first-order chi connectivity index (χ1) is 40.4. The summed E-state index contributed by atoms with van der Waals surface area (Å²) < 4.78 is 5.47. The molecule has 85 heavy (non-hydrogen) atoms. The van der Waals surface area contributed by atoms with Crippen LogP contribution in [0.2, 0.25) is 0 Å². The average molecular weight is 1200 g/mol. The van der Waals surface area contributed by atoms with E-state index in [1.807, 2.05) is 6.07 Å². The van der Waals surface area contributed by atoms with Gasteiger partial charge in [0, 0.05) is 13.0 Å². The summed E-state index contributed by atoms with van der Waals surface area (Å²) in [6.45, 7) is 3.91. The fourth-order valence-electron chi connectivity index (χ4n) is 8.72. The Balaban J connectivity index is 2.03. The number of hydrogen-bond donors (Lipinski definition) is 18. The predicted molar refractivity (Wildman–Crippen MR) is 310 cm³/mol. The van der Waals surface area contributed by atoms with Gasteiger partial charge in [0.05, 0.1) is 12.7 Å². The highest BCUT2D eigenvalue weighted by Gasteiger charge is 2.39. The summed E-state index contributed by atoms with van der Waals surface area (Å²) in [5, 5.41) is 49.3. The molecule has 0 unspecified atom stereocenters. The lowest BCUT2D eigenvalue weighted by Gasteiger charge is -2.29. The van der Waals surface area contributed by atoms with Crippen molar-refractivity contribution in [3.05, 3.63) is 71.8 Å². The largest absolute Gasteiger partial charge is 0.391 e. The number of rotatable bonds is 26. The van der Waals surface area contributed by atoms with Crippen molar-refractivity contribution in [2.24, 2.45) is 34.6 Å². The maximum atomic E-state index is 14.5. The van der Waals surface area contributed by atoms with Crippen LogP contribution in [-0.2, 0) is 70.5 Å². The Morgan fingerprint density at radius 1 is 0.600 bits per heavy atom. The Bertz CT molecular complexity index is 2530. The van der Waals surface area contributed by atoms with Crippen molar-refractivity contribution in [3.63, 3.8) is 0 Å². The van der Waals surface area contributed by atoms with Crippen LogP contribution in [0.1, 0.15) is 83.8 Å². The van der Waals surface area contributed by atoms with Crippen molar-refractivity contribution in [2.75, 3.05) is 45.9 Å². The molecule has 11 atom stereocenters. The van der Waals surface area contributed by atoms with E-state index in [0.29, 0.717) is 5.56 Å². The quantitative estimate of drug-likeness (QED) is 0.0416. The molecule has 0 saturated carbocycles. The van der Waals surface area contributed by atoms with Gasteiger partial charge in [-0.1, -0.05) is 74.5 Å². The lowest BCUT2D eigenvalue weighted by atomic mass is 10.00. The molecule has 472 valence electrons. The molecular weight excluding hydrogens is 1110 g/mol. The lowest BCUT2D eigenvalue weighted by Crippen LogP contribution is -2.63. The first-order valence-corrected chi connectivity index (χ1v) is 28.3. The van der Waals surface area contributed by atoms with Gasteiger partial charge in [0.1, 0.15) is 61.0 Å². The Labute approximate surface area is 493 Å². The van der Waals surface area contributed by atoms with Crippen molar-refractivity contribution in [1.82, 2.24) is 58.5 Å². The molecule has 1 aliphatic heterocycles. The van der Waals surface area contributed by atoms with E-state index in [1.54, 1.807) is 68.4 Å². The van der Waals surface area contributed by atoms with E-state index < -0.39 is 151 Å². The molecule has 30 nitrogen and oxygen atoms in total. The van der Waals surface area contributed by atoms with Crippen molar-refractivity contribution >= 4 is 65.0 Å². The van der Waals surface area contributed by atoms with Gasteiger partial charge in [-0.15, -0.1) is 0 Å². The van der Waals surface area contributed by atoms with Crippen LogP contribution < -0.4 is 87.2 Å². The normalized spacial score (nSPS) is 22.9. The van der Waals surface area contributed by atoms with Crippen LogP contribution in [0.15, 0.2) is 60.7 Å². The topological polar surface area (TPSA) is 500 Å². The number of aliphatic hydroxyl groups is 2. The van der Waals surface area contributed by atoms with Gasteiger partial charge in [0.15, 0.2) is 0 Å². The Morgan fingerprint density at radius 3 is 1.59 bits per heavy atom. The second-order valence-corrected chi connectivity index (χ2v) is 21.1. The molecule has 2 aromatic carbocycles. The van der Waals surface area contributed by atoms with E-state index in [-0.39, 0.29) is 90.2 Å². The molecule has 23 N–H and O–H groups in total. The Hall–Kier alpha value is -7.71. The van der Waals surface area contributed by atoms with Gasteiger partial charge in [0.2, 0.25) is 64.8 Å². The van der Waals surface area contributed by atoms with Gasteiger partial charge < -0.3 is 102 Å². The fourth-order valence-corrected chi connectivity index (χ4v) is 8.72. The van der Waals surface area contributed by atoms with E-state index in [1.165, 1.54) is 6.92 Å². The second kappa shape index (κ2) is 36.9. The lowest BCUT2D eigenvalue weighted by molar-refractivity contribution is -0.148. The number of amides is 11. The predicted octanol–water partition coefficient (Wildman–Crippen LogP) is -6.68. The monoisotopic (exact) mass is 1200 g/mol. The van der Waals surface area contributed by atoms with Crippen LogP contribution in [0.3, 0.4) is 0 Å². The molecule has 2 aromatic rings. The maximum absolute atomic E-state index is 14.5. The zero-order valence-electron chi connectivity index (χ0n) is 48.6. The highest BCUT2D eigenvalue weighted by Crippen LogP contribution is 2.12. The van der Waals surface area contributed by atoms with Gasteiger partial charge in [0.25, 0.3) is 5.91 Å². The molecule has 1 aliphatic rings. The van der Waals surface area contributed by atoms with Gasteiger partial charge in [-0.05, 0) is 109 Å². The highest BCUT2D eigenvalue weighted by atomic mass is 16.5.